The molecule has 0 aliphatic rings. The molecule has 1 aromatic carbocycles. The van der Waals surface area contributed by atoms with E-state index in [1.165, 1.54) is 12.1 Å². The number of rotatable bonds is 3. The molecule has 2 aromatic rings. The molecule has 1 heterocycles. The molecule has 0 saturated heterocycles. The van der Waals surface area contributed by atoms with Crippen molar-refractivity contribution >= 4 is 21.8 Å². The van der Waals surface area contributed by atoms with Crippen molar-refractivity contribution in [3.63, 3.8) is 0 Å². The number of amides is 1. The van der Waals surface area contributed by atoms with Crippen LogP contribution in [0.1, 0.15) is 16.2 Å². The van der Waals surface area contributed by atoms with Crippen LogP contribution in [0.4, 0.5) is 4.39 Å². The Kier molecular flexibility index (Phi) is 3.48. The van der Waals surface area contributed by atoms with E-state index in [0.717, 1.165) is 6.39 Å². The van der Waals surface area contributed by atoms with Gasteiger partial charge in [-0.05, 0) is 28.1 Å². The molecule has 1 amide bonds. The zero-order valence-corrected chi connectivity index (χ0v) is 10.1. The zero-order valence-electron chi connectivity index (χ0n) is 8.48. The third kappa shape index (κ3) is 2.68. The summed E-state index contributed by atoms with van der Waals surface area (Å²) in [6.45, 7) is 0.0795. The first kappa shape index (κ1) is 11.7. The average Bonchev–Trinajstić information content (AvgIpc) is 2.79. The predicted octanol–water partition coefficient (Wildman–Crippen LogP) is 1.90. The maximum absolute atomic E-state index is 13.4. The standard InChI is InChI=1S/C10H7BrFN3O2/c11-6-2-1-3-7(12)9(6)10(16)13-4-8-14-5-17-15-8/h1-3,5H,4H2,(H,13,16). The number of benzene rings is 1. The number of hydrogen-bond acceptors (Lipinski definition) is 4. The Bertz CT molecular complexity index is 510. The molecule has 1 N–H and O–H groups in total. The van der Waals surface area contributed by atoms with Crippen LogP contribution in [0.15, 0.2) is 33.6 Å². The van der Waals surface area contributed by atoms with Crippen LogP contribution < -0.4 is 5.32 Å². The van der Waals surface area contributed by atoms with Crippen LogP contribution in [0, 0.1) is 5.82 Å². The van der Waals surface area contributed by atoms with Gasteiger partial charge >= 0.3 is 0 Å². The minimum absolute atomic E-state index is 0.0454. The van der Waals surface area contributed by atoms with Crippen molar-refractivity contribution in [1.82, 2.24) is 15.5 Å². The Hall–Kier alpha value is -1.76. The second kappa shape index (κ2) is 5.05. The lowest BCUT2D eigenvalue weighted by atomic mass is 10.2. The van der Waals surface area contributed by atoms with E-state index in [4.69, 9.17) is 0 Å². The Morgan fingerprint density at radius 2 is 2.35 bits per heavy atom. The SMILES string of the molecule is O=C(NCc1ncon1)c1c(F)cccc1Br. The van der Waals surface area contributed by atoms with Crippen LogP contribution in [-0.2, 0) is 6.54 Å². The third-order valence-corrected chi connectivity index (χ3v) is 2.66. The minimum Gasteiger partial charge on any atom is -0.344 e. The molecule has 7 heteroatoms. The molecule has 88 valence electrons. The fourth-order valence-corrected chi connectivity index (χ4v) is 1.75. The van der Waals surface area contributed by atoms with E-state index in [2.05, 4.69) is 35.9 Å². The summed E-state index contributed by atoms with van der Waals surface area (Å²) in [5.41, 5.74) is -0.0454. The van der Waals surface area contributed by atoms with Gasteiger partial charge in [-0.15, -0.1) is 0 Å². The van der Waals surface area contributed by atoms with E-state index in [-0.39, 0.29) is 12.1 Å². The molecule has 0 spiro atoms. The van der Waals surface area contributed by atoms with E-state index in [1.54, 1.807) is 6.07 Å². The summed E-state index contributed by atoms with van der Waals surface area (Å²) < 4.78 is 18.3. The molecule has 17 heavy (non-hydrogen) atoms. The highest BCUT2D eigenvalue weighted by molar-refractivity contribution is 9.10. The molecular weight excluding hydrogens is 293 g/mol. The predicted molar refractivity (Wildman–Crippen MR) is 59.6 cm³/mol. The number of aromatic nitrogens is 2. The van der Waals surface area contributed by atoms with Gasteiger partial charge in [-0.2, -0.15) is 4.98 Å². The topological polar surface area (TPSA) is 68.0 Å². The van der Waals surface area contributed by atoms with Crippen LogP contribution in [0.3, 0.4) is 0 Å². The van der Waals surface area contributed by atoms with Gasteiger partial charge in [-0.3, -0.25) is 4.79 Å². The number of carbonyl (C=O) groups is 1. The van der Waals surface area contributed by atoms with Crippen molar-refractivity contribution < 1.29 is 13.7 Å². The van der Waals surface area contributed by atoms with Crippen molar-refractivity contribution in [2.45, 2.75) is 6.54 Å². The Morgan fingerprint density at radius 3 is 3.00 bits per heavy atom. The van der Waals surface area contributed by atoms with E-state index in [9.17, 15) is 9.18 Å². The highest BCUT2D eigenvalue weighted by atomic mass is 79.9. The highest BCUT2D eigenvalue weighted by Gasteiger charge is 2.15. The van der Waals surface area contributed by atoms with Crippen LogP contribution >= 0.6 is 15.9 Å². The Balaban J connectivity index is 2.10. The van der Waals surface area contributed by atoms with Gasteiger partial charge in [0, 0.05) is 4.47 Å². The van der Waals surface area contributed by atoms with Gasteiger partial charge in [0.2, 0.25) is 6.39 Å². The molecule has 5 nitrogen and oxygen atoms in total. The Labute approximate surface area is 104 Å². The van der Waals surface area contributed by atoms with E-state index in [1.807, 2.05) is 0 Å². The fourth-order valence-electron chi connectivity index (χ4n) is 1.23. The number of halogens is 2. The lowest BCUT2D eigenvalue weighted by Gasteiger charge is -2.05. The molecule has 0 unspecified atom stereocenters. The fraction of sp³-hybridized carbons (Fsp3) is 0.100. The van der Waals surface area contributed by atoms with Crippen LogP contribution in [0.2, 0.25) is 0 Å². The molecule has 0 aliphatic carbocycles. The molecule has 0 bridgehead atoms. The van der Waals surface area contributed by atoms with Crippen molar-refractivity contribution in [2.24, 2.45) is 0 Å². The lowest BCUT2D eigenvalue weighted by molar-refractivity contribution is 0.0945. The van der Waals surface area contributed by atoms with Gasteiger partial charge in [-0.1, -0.05) is 11.2 Å². The van der Waals surface area contributed by atoms with Gasteiger partial charge in [0.15, 0.2) is 5.82 Å². The van der Waals surface area contributed by atoms with Gasteiger partial charge in [0.05, 0.1) is 12.1 Å². The first-order valence-corrected chi connectivity index (χ1v) is 5.45. The lowest BCUT2D eigenvalue weighted by Crippen LogP contribution is -2.24. The normalized spacial score (nSPS) is 10.2. The summed E-state index contributed by atoms with van der Waals surface area (Å²) in [7, 11) is 0. The first-order chi connectivity index (χ1) is 8.18. The second-order valence-electron chi connectivity index (χ2n) is 3.13. The number of nitrogens with zero attached hydrogens (tertiary/aromatic N) is 2. The van der Waals surface area contributed by atoms with Crippen molar-refractivity contribution in [3.05, 3.63) is 46.3 Å². The molecule has 0 atom stereocenters. The van der Waals surface area contributed by atoms with Gasteiger partial charge < -0.3 is 9.84 Å². The quantitative estimate of drug-likeness (QED) is 0.940. The molecule has 0 fully saturated rings. The van der Waals surface area contributed by atoms with Crippen molar-refractivity contribution in [2.75, 3.05) is 0 Å². The number of nitrogens with one attached hydrogen (secondary N) is 1. The number of hydrogen-bond donors (Lipinski definition) is 1. The van der Waals surface area contributed by atoms with E-state index >= 15 is 0 Å². The highest BCUT2D eigenvalue weighted by Crippen LogP contribution is 2.19. The Morgan fingerprint density at radius 1 is 1.53 bits per heavy atom. The molecule has 0 radical (unpaired) electrons. The summed E-state index contributed by atoms with van der Waals surface area (Å²) in [5.74, 6) is -0.810. The average molecular weight is 300 g/mol. The summed E-state index contributed by atoms with van der Waals surface area (Å²) in [6, 6.07) is 4.32. The maximum atomic E-state index is 13.4. The van der Waals surface area contributed by atoms with Crippen LogP contribution in [-0.4, -0.2) is 16.0 Å². The summed E-state index contributed by atoms with van der Waals surface area (Å²) in [6.07, 6.45) is 1.15. The smallest absolute Gasteiger partial charge is 0.255 e. The third-order valence-electron chi connectivity index (χ3n) is 2.00. The number of carbonyl (C=O) groups excluding carboxylic acids is 1. The first-order valence-electron chi connectivity index (χ1n) is 4.66. The van der Waals surface area contributed by atoms with Crippen molar-refractivity contribution in [1.29, 1.82) is 0 Å². The van der Waals surface area contributed by atoms with Gasteiger partial charge in [-0.25, -0.2) is 4.39 Å². The molecule has 2 rings (SSSR count). The van der Waals surface area contributed by atoms with Gasteiger partial charge in [0.25, 0.3) is 5.91 Å². The molecule has 0 aliphatic heterocycles. The zero-order chi connectivity index (χ0) is 12.3. The van der Waals surface area contributed by atoms with E-state index < -0.39 is 11.7 Å². The summed E-state index contributed by atoms with van der Waals surface area (Å²) >= 11 is 3.12. The minimum atomic E-state index is -0.593. The van der Waals surface area contributed by atoms with Crippen molar-refractivity contribution in [3.8, 4) is 0 Å². The summed E-state index contributed by atoms with van der Waals surface area (Å²) in [5, 5.41) is 6.01. The molecule has 1 aromatic heterocycles. The van der Waals surface area contributed by atoms with E-state index in [0.29, 0.717) is 10.3 Å². The van der Waals surface area contributed by atoms with Gasteiger partial charge in [0.1, 0.15) is 5.82 Å². The maximum Gasteiger partial charge on any atom is 0.255 e. The second-order valence-corrected chi connectivity index (χ2v) is 3.98. The molecule has 0 saturated carbocycles. The molecular formula is C10H7BrFN3O2. The van der Waals surface area contributed by atoms with Crippen LogP contribution in [0.5, 0.6) is 0 Å². The largest absolute Gasteiger partial charge is 0.344 e. The van der Waals surface area contributed by atoms with Crippen LogP contribution in [0.25, 0.3) is 0 Å². The summed E-state index contributed by atoms with van der Waals surface area (Å²) in [4.78, 5) is 15.4. The monoisotopic (exact) mass is 299 g/mol.